The molecule has 0 saturated heterocycles. The second-order valence-corrected chi connectivity index (χ2v) is 5.44. The molecule has 0 amide bonds. The lowest BCUT2D eigenvalue weighted by atomic mass is 10.1. The minimum Gasteiger partial charge on any atom is -0.457 e. The van der Waals surface area contributed by atoms with E-state index in [1.165, 1.54) is 30.3 Å². The molecular weight excluding hydrogens is 326 g/mol. The largest absolute Gasteiger partial charge is 0.457 e. The smallest absolute Gasteiger partial charge is 0.345 e. The average molecular weight is 339 g/mol. The monoisotopic (exact) mass is 339 g/mol. The van der Waals surface area contributed by atoms with Gasteiger partial charge in [-0.05, 0) is 24.6 Å². The number of rotatable bonds is 4. The number of aryl methyl sites for hydroxylation is 1. The fourth-order valence-electron chi connectivity index (χ4n) is 2.48. The lowest BCUT2D eigenvalue weighted by Crippen LogP contribution is -2.10. The summed E-state index contributed by atoms with van der Waals surface area (Å²) in [5, 5.41) is 11.6. The molecule has 0 N–H and O–H groups in total. The second-order valence-electron chi connectivity index (χ2n) is 5.44. The summed E-state index contributed by atoms with van der Waals surface area (Å²) in [6.07, 6.45) is 0. The molecule has 3 rings (SSSR count). The predicted octanol–water partition coefficient (Wildman–Crippen LogP) is 3.37. The number of ether oxygens (including phenoxy) is 1. The average Bonchev–Trinajstić information content (AvgIpc) is 2.58. The molecule has 1 heterocycles. The maximum absolute atomic E-state index is 12.2. The first-order valence-corrected chi connectivity index (χ1v) is 7.39. The minimum absolute atomic E-state index is 0.143. The number of hydrogen-bond acceptors (Lipinski definition) is 6. The van der Waals surface area contributed by atoms with Crippen LogP contribution in [-0.4, -0.2) is 10.9 Å². The van der Waals surface area contributed by atoms with Crippen molar-refractivity contribution in [3.8, 4) is 0 Å². The van der Waals surface area contributed by atoms with Crippen molar-refractivity contribution in [2.75, 3.05) is 0 Å². The van der Waals surface area contributed by atoms with Crippen molar-refractivity contribution in [2.24, 2.45) is 0 Å². The number of nitro benzene ring substituents is 1. The van der Waals surface area contributed by atoms with Crippen LogP contribution in [0.3, 0.4) is 0 Å². The first kappa shape index (κ1) is 16.4. The molecule has 0 fully saturated rings. The Balaban J connectivity index is 1.90. The SMILES string of the molecule is Cc1ccc2c(COC(=O)c3ccccc3[N+](=O)[O-])cc(=O)oc2c1. The van der Waals surface area contributed by atoms with E-state index < -0.39 is 16.5 Å². The van der Waals surface area contributed by atoms with Crippen LogP contribution in [0, 0.1) is 17.0 Å². The number of benzene rings is 2. The highest BCUT2D eigenvalue weighted by Gasteiger charge is 2.20. The summed E-state index contributed by atoms with van der Waals surface area (Å²) in [6.45, 7) is 1.66. The third-order valence-electron chi connectivity index (χ3n) is 3.67. The first-order chi connectivity index (χ1) is 12.0. The molecule has 3 aromatic rings. The molecule has 0 bridgehead atoms. The predicted molar refractivity (Wildman–Crippen MR) is 89.4 cm³/mol. The molecule has 0 spiro atoms. The van der Waals surface area contributed by atoms with Crippen molar-refractivity contribution in [2.45, 2.75) is 13.5 Å². The van der Waals surface area contributed by atoms with E-state index in [9.17, 15) is 19.7 Å². The minimum atomic E-state index is -0.833. The molecule has 0 aliphatic rings. The number of nitrogens with zero attached hydrogens (tertiary/aromatic N) is 1. The van der Waals surface area contributed by atoms with E-state index in [0.29, 0.717) is 16.5 Å². The van der Waals surface area contributed by atoms with Gasteiger partial charge in [-0.3, -0.25) is 10.1 Å². The van der Waals surface area contributed by atoms with Crippen LogP contribution < -0.4 is 5.63 Å². The number of carbonyl (C=O) groups is 1. The molecule has 7 heteroatoms. The zero-order valence-corrected chi connectivity index (χ0v) is 13.2. The van der Waals surface area contributed by atoms with Crippen molar-refractivity contribution < 1.29 is 18.9 Å². The molecule has 126 valence electrons. The summed E-state index contributed by atoms with van der Waals surface area (Å²) in [7, 11) is 0. The Bertz CT molecular complexity index is 1040. The first-order valence-electron chi connectivity index (χ1n) is 7.39. The van der Waals surface area contributed by atoms with Gasteiger partial charge in [0.25, 0.3) is 5.69 Å². The topological polar surface area (TPSA) is 99.6 Å². The molecule has 0 atom stereocenters. The van der Waals surface area contributed by atoms with Gasteiger partial charge in [-0.1, -0.05) is 24.3 Å². The van der Waals surface area contributed by atoms with E-state index in [4.69, 9.17) is 9.15 Å². The van der Waals surface area contributed by atoms with Gasteiger partial charge in [-0.25, -0.2) is 9.59 Å². The fourth-order valence-corrected chi connectivity index (χ4v) is 2.48. The van der Waals surface area contributed by atoms with Crippen molar-refractivity contribution >= 4 is 22.6 Å². The molecule has 0 aliphatic carbocycles. The lowest BCUT2D eigenvalue weighted by molar-refractivity contribution is -0.385. The summed E-state index contributed by atoms with van der Waals surface area (Å²) in [5.41, 5.74) is 0.748. The quantitative estimate of drug-likeness (QED) is 0.313. The highest BCUT2D eigenvalue weighted by molar-refractivity contribution is 5.94. The van der Waals surface area contributed by atoms with Gasteiger partial charge in [-0.15, -0.1) is 0 Å². The van der Waals surface area contributed by atoms with Gasteiger partial charge in [0.1, 0.15) is 17.8 Å². The van der Waals surface area contributed by atoms with Crippen molar-refractivity contribution in [3.63, 3.8) is 0 Å². The molecule has 2 aromatic carbocycles. The number of fused-ring (bicyclic) bond motifs is 1. The maximum Gasteiger partial charge on any atom is 0.345 e. The van der Waals surface area contributed by atoms with Gasteiger partial charge in [0.05, 0.1) is 4.92 Å². The summed E-state index contributed by atoms with van der Waals surface area (Å²) in [5.74, 6) is -0.833. The van der Waals surface area contributed by atoms with E-state index in [1.807, 2.05) is 13.0 Å². The zero-order chi connectivity index (χ0) is 18.0. The van der Waals surface area contributed by atoms with Crippen LogP contribution in [0.5, 0.6) is 0 Å². The van der Waals surface area contributed by atoms with E-state index in [1.54, 1.807) is 12.1 Å². The van der Waals surface area contributed by atoms with Crippen LogP contribution in [0.25, 0.3) is 11.0 Å². The van der Waals surface area contributed by atoms with Crippen molar-refractivity contribution in [1.29, 1.82) is 0 Å². The van der Waals surface area contributed by atoms with Crippen LogP contribution in [0.2, 0.25) is 0 Å². The Morgan fingerprint density at radius 3 is 2.72 bits per heavy atom. The fraction of sp³-hybridized carbons (Fsp3) is 0.111. The van der Waals surface area contributed by atoms with E-state index >= 15 is 0 Å². The third-order valence-corrected chi connectivity index (χ3v) is 3.67. The number of para-hydroxylation sites is 1. The normalized spacial score (nSPS) is 10.6. The second kappa shape index (κ2) is 6.56. The van der Waals surface area contributed by atoms with E-state index in [2.05, 4.69) is 0 Å². The number of esters is 1. The summed E-state index contributed by atoms with van der Waals surface area (Å²) >= 11 is 0. The molecule has 7 nitrogen and oxygen atoms in total. The van der Waals surface area contributed by atoms with Gasteiger partial charge < -0.3 is 9.15 Å². The molecule has 1 aromatic heterocycles. The standard InChI is InChI=1S/C18H13NO6/c1-11-6-7-13-12(9-17(20)25-16(13)8-11)10-24-18(21)14-4-2-3-5-15(14)19(22)23/h2-9H,10H2,1H3. The van der Waals surface area contributed by atoms with Crippen LogP contribution in [0.1, 0.15) is 21.5 Å². The van der Waals surface area contributed by atoms with Gasteiger partial charge in [0, 0.05) is 23.1 Å². The highest BCUT2D eigenvalue weighted by atomic mass is 16.6. The summed E-state index contributed by atoms with van der Waals surface area (Å²) in [4.78, 5) is 34.2. The van der Waals surface area contributed by atoms with Crippen molar-refractivity contribution in [1.82, 2.24) is 0 Å². The number of hydrogen-bond donors (Lipinski definition) is 0. The van der Waals surface area contributed by atoms with Crippen molar-refractivity contribution in [3.05, 3.63) is 85.8 Å². The van der Waals surface area contributed by atoms with Gasteiger partial charge in [0.2, 0.25) is 0 Å². The van der Waals surface area contributed by atoms with E-state index in [0.717, 1.165) is 5.56 Å². The maximum atomic E-state index is 12.2. The molecule has 0 unspecified atom stereocenters. The lowest BCUT2D eigenvalue weighted by Gasteiger charge is -2.08. The van der Waals surface area contributed by atoms with Gasteiger partial charge >= 0.3 is 11.6 Å². The Morgan fingerprint density at radius 2 is 1.96 bits per heavy atom. The molecule has 0 saturated carbocycles. The Kier molecular flexibility index (Phi) is 4.30. The molecule has 25 heavy (non-hydrogen) atoms. The Labute approximate surface area is 141 Å². The Morgan fingerprint density at radius 1 is 1.20 bits per heavy atom. The van der Waals surface area contributed by atoms with E-state index in [-0.39, 0.29) is 17.9 Å². The van der Waals surface area contributed by atoms with Crippen LogP contribution in [0.15, 0.2) is 57.7 Å². The van der Waals surface area contributed by atoms with Crippen LogP contribution >= 0.6 is 0 Å². The molecule has 0 radical (unpaired) electrons. The van der Waals surface area contributed by atoms with Gasteiger partial charge in [0.15, 0.2) is 0 Å². The molecule has 0 aliphatic heterocycles. The Hall–Kier alpha value is -3.48. The number of carbonyl (C=O) groups excluding carboxylic acids is 1. The van der Waals surface area contributed by atoms with Gasteiger partial charge in [-0.2, -0.15) is 0 Å². The number of nitro groups is 1. The third kappa shape index (κ3) is 3.40. The van der Waals surface area contributed by atoms with Crippen LogP contribution in [0.4, 0.5) is 5.69 Å². The summed E-state index contributed by atoms with van der Waals surface area (Å²) in [6, 6.07) is 12.1. The zero-order valence-electron chi connectivity index (χ0n) is 13.2. The highest BCUT2D eigenvalue weighted by Crippen LogP contribution is 2.22. The van der Waals surface area contributed by atoms with Crippen LogP contribution in [-0.2, 0) is 11.3 Å². The summed E-state index contributed by atoms with van der Waals surface area (Å²) < 4.78 is 10.3. The molecular formula is C18H13NO6.